The molecule has 1 aromatic rings. The molecule has 0 radical (unpaired) electrons. The van der Waals surface area contributed by atoms with Crippen molar-refractivity contribution in [3.05, 3.63) is 29.6 Å². The summed E-state index contributed by atoms with van der Waals surface area (Å²) in [5.41, 5.74) is 6.52. The Bertz CT molecular complexity index is 456. The highest BCUT2D eigenvalue weighted by Gasteiger charge is 2.32. The molecule has 5 nitrogen and oxygen atoms in total. The van der Waals surface area contributed by atoms with Gasteiger partial charge in [0.25, 0.3) is 5.91 Å². The fourth-order valence-corrected chi connectivity index (χ4v) is 1.75. The number of rotatable bonds is 3. The molecule has 1 heterocycles. The third kappa shape index (κ3) is 2.60. The molecule has 1 amide bonds. The number of nitrogens with one attached hydrogen (secondary N) is 1. The number of hydrogen-bond acceptors (Lipinski definition) is 4. The molecule has 17 heavy (non-hydrogen) atoms. The van der Waals surface area contributed by atoms with E-state index in [0.29, 0.717) is 17.8 Å². The summed E-state index contributed by atoms with van der Waals surface area (Å²) in [5, 5.41) is 11.4. The predicted molar refractivity (Wildman–Crippen MR) is 62.1 cm³/mol. The van der Waals surface area contributed by atoms with Gasteiger partial charge < -0.3 is 11.1 Å². The third-order valence-electron chi connectivity index (χ3n) is 3.08. The lowest BCUT2D eigenvalue weighted by Crippen LogP contribution is -2.55. The summed E-state index contributed by atoms with van der Waals surface area (Å²) in [5.74, 6) is -0.244. The van der Waals surface area contributed by atoms with Gasteiger partial charge in [-0.15, -0.1) is 0 Å². The van der Waals surface area contributed by atoms with Gasteiger partial charge in [0.15, 0.2) is 0 Å². The van der Waals surface area contributed by atoms with Crippen LogP contribution in [0.25, 0.3) is 0 Å². The van der Waals surface area contributed by atoms with Gasteiger partial charge in [-0.1, -0.05) is 0 Å². The Morgan fingerprint density at radius 1 is 1.59 bits per heavy atom. The molecule has 88 valence electrons. The number of carbonyl (C=O) groups excluding carboxylic acids is 1. The average molecular weight is 230 g/mol. The quantitative estimate of drug-likeness (QED) is 0.793. The van der Waals surface area contributed by atoms with Gasteiger partial charge in [-0.2, -0.15) is 5.26 Å². The topological polar surface area (TPSA) is 91.8 Å². The summed E-state index contributed by atoms with van der Waals surface area (Å²) in [6.45, 7) is 0.480. The van der Waals surface area contributed by atoms with E-state index < -0.39 is 0 Å². The monoisotopic (exact) mass is 230 g/mol. The van der Waals surface area contributed by atoms with E-state index in [4.69, 9.17) is 11.0 Å². The van der Waals surface area contributed by atoms with Crippen molar-refractivity contribution >= 4 is 5.91 Å². The van der Waals surface area contributed by atoms with Gasteiger partial charge >= 0.3 is 0 Å². The zero-order valence-corrected chi connectivity index (χ0v) is 9.44. The maximum absolute atomic E-state index is 11.7. The van der Waals surface area contributed by atoms with E-state index in [2.05, 4.69) is 10.3 Å². The van der Waals surface area contributed by atoms with E-state index in [0.717, 1.165) is 19.3 Å². The van der Waals surface area contributed by atoms with E-state index >= 15 is 0 Å². The zero-order chi connectivity index (χ0) is 12.3. The number of aromatic nitrogens is 1. The molecule has 2 rings (SSSR count). The number of amides is 1. The molecule has 3 N–H and O–H groups in total. The lowest BCUT2D eigenvalue weighted by molar-refractivity contribution is 0.0925. The smallest absolute Gasteiger partial charge is 0.269 e. The summed E-state index contributed by atoms with van der Waals surface area (Å²) in [6.07, 6.45) is 4.42. The van der Waals surface area contributed by atoms with Gasteiger partial charge in [-0.05, 0) is 31.4 Å². The van der Waals surface area contributed by atoms with Crippen molar-refractivity contribution < 1.29 is 4.79 Å². The summed E-state index contributed by atoms with van der Waals surface area (Å²) < 4.78 is 0. The first kappa shape index (κ1) is 11.6. The number of hydrogen-bond donors (Lipinski definition) is 2. The minimum atomic E-state index is -0.244. The predicted octanol–water partition coefficient (Wildman–Crippen LogP) is 0.564. The van der Waals surface area contributed by atoms with Gasteiger partial charge in [0, 0.05) is 18.3 Å². The molecule has 5 heteroatoms. The van der Waals surface area contributed by atoms with Crippen LogP contribution >= 0.6 is 0 Å². The standard InChI is InChI=1S/C12H14N4O/c13-6-9-2-3-10(15-7-9)11(17)16-8-12(14)4-1-5-12/h2-3,7H,1,4-5,8,14H2,(H,16,17). The number of nitrogens with zero attached hydrogens (tertiary/aromatic N) is 2. The lowest BCUT2D eigenvalue weighted by atomic mass is 9.78. The molecule has 1 aliphatic carbocycles. The summed E-state index contributed by atoms with van der Waals surface area (Å²) in [7, 11) is 0. The van der Waals surface area contributed by atoms with Gasteiger partial charge in [-0.3, -0.25) is 4.79 Å². The van der Waals surface area contributed by atoms with Crippen molar-refractivity contribution in [2.45, 2.75) is 24.8 Å². The number of nitriles is 1. The van der Waals surface area contributed by atoms with Gasteiger partial charge in [-0.25, -0.2) is 4.98 Å². The van der Waals surface area contributed by atoms with Crippen LogP contribution in [0.15, 0.2) is 18.3 Å². The van der Waals surface area contributed by atoms with Crippen LogP contribution in [0, 0.1) is 11.3 Å². The van der Waals surface area contributed by atoms with Crippen LogP contribution in [-0.2, 0) is 0 Å². The van der Waals surface area contributed by atoms with Crippen LogP contribution in [0.4, 0.5) is 0 Å². The Morgan fingerprint density at radius 2 is 2.35 bits per heavy atom. The second-order valence-corrected chi connectivity index (χ2v) is 4.44. The highest BCUT2D eigenvalue weighted by atomic mass is 16.1. The Labute approximate surface area is 99.6 Å². The molecule has 1 saturated carbocycles. The van der Waals surface area contributed by atoms with Crippen molar-refractivity contribution in [2.24, 2.45) is 5.73 Å². The molecule has 0 bridgehead atoms. The minimum Gasteiger partial charge on any atom is -0.349 e. The van der Waals surface area contributed by atoms with E-state index in [-0.39, 0.29) is 11.4 Å². The molecule has 0 aromatic carbocycles. The molecule has 0 saturated heterocycles. The second kappa shape index (κ2) is 4.52. The lowest BCUT2D eigenvalue weighted by Gasteiger charge is -2.38. The minimum absolute atomic E-state index is 0.234. The highest BCUT2D eigenvalue weighted by Crippen LogP contribution is 2.28. The molecule has 1 aromatic heterocycles. The molecular weight excluding hydrogens is 216 g/mol. The molecule has 1 fully saturated rings. The van der Waals surface area contributed by atoms with Crippen LogP contribution in [0.5, 0.6) is 0 Å². The first-order valence-corrected chi connectivity index (χ1v) is 5.56. The van der Waals surface area contributed by atoms with Crippen molar-refractivity contribution in [1.29, 1.82) is 5.26 Å². The fourth-order valence-electron chi connectivity index (χ4n) is 1.75. The number of pyridine rings is 1. The first-order valence-electron chi connectivity index (χ1n) is 5.56. The molecule has 0 aliphatic heterocycles. The van der Waals surface area contributed by atoms with Crippen LogP contribution < -0.4 is 11.1 Å². The van der Waals surface area contributed by atoms with Crippen LogP contribution in [0.3, 0.4) is 0 Å². The SMILES string of the molecule is N#Cc1ccc(C(=O)NCC2(N)CCC2)nc1. The van der Waals surface area contributed by atoms with Crippen LogP contribution in [0.1, 0.15) is 35.3 Å². The maximum atomic E-state index is 11.7. The van der Waals surface area contributed by atoms with Crippen molar-refractivity contribution in [1.82, 2.24) is 10.3 Å². The molecule has 0 unspecified atom stereocenters. The second-order valence-electron chi connectivity index (χ2n) is 4.44. The molecular formula is C12H14N4O. The van der Waals surface area contributed by atoms with Gasteiger partial charge in [0.05, 0.1) is 5.56 Å². The fraction of sp³-hybridized carbons (Fsp3) is 0.417. The Balaban J connectivity index is 1.93. The summed E-state index contributed by atoms with van der Waals surface area (Å²) >= 11 is 0. The molecule has 1 aliphatic rings. The largest absolute Gasteiger partial charge is 0.349 e. The molecule has 0 spiro atoms. The van der Waals surface area contributed by atoms with Crippen LogP contribution in [-0.4, -0.2) is 23.0 Å². The van der Waals surface area contributed by atoms with Crippen LogP contribution in [0.2, 0.25) is 0 Å². The van der Waals surface area contributed by atoms with Gasteiger partial charge in [0.2, 0.25) is 0 Å². The number of carbonyl (C=O) groups is 1. The van der Waals surface area contributed by atoms with E-state index in [9.17, 15) is 4.79 Å². The Morgan fingerprint density at radius 3 is 2.82 bits per heavy atom. The Hall–Kier alpha value is -1.93. The van der Waals surface area contributed by atoms with Crippen molar-refractivity contribution in [3.63, 3.8) is 0 Å². The highest BCUT2D eigenvalue weighted by molar-refractivity contribution is 5.92. The van der Waals surface area contributed by atoms with Crippen molar-refractivity contribution in [2.75, 3.05) is 6.54 Å². The summed E-state index contributed by atoms with van der Waals surface area (Å²) in [4.78, 5) is 15.6. The van der Waals surface area contributed by atoms with Crippen molar-refractivity contribution in [3.8, 4) is 6.07 Å². The Kier molecular flexibility index (Phi) is 3.07. The summed E-state index contributed by atoms with van der Waals surface area (Å²) in [6, 6.07) is 5.07. The average Bonchev–Trinajstić information content (AvgIpc) is 2.33. The first-order chi connectivity index (χ1) is 8.13. The van der Waals surface area contributed by atoms with E-state index in [1.807, 2.05) is 6.07 Å². The number of nitrogens with two attached hydrogens (primary N) is 1. The zero-order valence-electron chi connectivity index (χ0n) is 9.44. The normalized spacial score (nSPS) is 16.7. The molecule has 0 atom stereocenters. The van der Waals surface area contributed by atoms with E-state index in [1.54, 1.807) is 6.07 Å². The van der Waals surface area contributed by atoms with E-state index in [1.165, 1.54) is 12.3 Å². The maximum Gasteiger partial charge on any atom is 0.269 e. The van der Waals surface area contributed by atoms with Gasteiger partial charge in [0.1, 0.15) is 11.8 Å². The third-order valence-corrected chi connectivity index (χ3v) is 3.08.